The average molecular weight is 515 g/mol. The van der Waals surface area contributed by atoms with Crippen LogP contribution in [0.1, 0.15) is 58.6 Å². The number of aryl methyl sites for hydroxylation is 1. The number of amides is 2. The summed E-state index contributed by atoms with van der Waals surface area (Å²) in [5.41, 5.74) is 2.56. The second-order valence-corrected chi connectivity index (χ2v) is 9.55. The van der Waals surface area contributed by atoms with E-state index in [9.17, 15) is 19.6 Å². The number of hydrogen-bond acceptors (Lipinski definition) is 7. The van der Waals surface area contributed by atoms with E-state index in [0.29, 0.717) is 60.7 Å². The molecule has 0 saturated heterocycles. The zero-order valence-corrected chi connectivity index (χ0v) is 20.5. The van der Waals surface area contributed by atoms with Crippen LogP contribution in [0.15, 0.2) is 53.3 Å². The molecule has 5 rings (SSSR count). The molecular weight excluding hydrogens is 488 g/mol. The number of fused-ring (bicyclic) bond motifs is 2. The molecule has 1 aliphatic heterocycles. The van der Waals surface area contributed by atoms with Gasteiger partial charge < -0.3 is 24.9 Å². The number of nitrogens with zero attached hydrogens (tertiary/aromatic N) is 2. The number of oxazole rings is 1. The van der Waals surface area contributed by atoms with Gasteiger partial charge in [-0.3, -0.25) is 14.4 Å². The third kappa shape index (κ3) is 5.09. The fourth-order valence-corrected chi connectivity index (χ4v) is 5.12. The summed E-state index contributed by atoms with van der Waals surface area (Å²) in [6, 6.07) is 12.4. The third-order valence-electron chi connectivity index (χ3n) is 7.19. The first-order chi connectivity index (χ1) is 18.4. The number of benzene rings is 2. The van der Waals surface area contributed by atoms with Crippen molar-refractivity contribution in [3.63, 3.8) is 0 Å². The number of ether oxygens (including phenoxy) is 1. The van der Waals surface area contributed by atoms with Crippen LogP contribution in [-0.4, -0.2) is 34.5 Å². The molecule has 0 unspecified atom stereocenters. The smallest absolute Gasteiger partial charge is 0.303 e. The molecule has 1 spiro atoms. The normalized spacial score (nSPS) is 19.1. The maximum Gasteiger partial charge on any atom is 0.303 e. The molecule has 194 valence electrons. The lowest BCUT2D eigenvalue weighted by Crippen LogP contribution is -2.28. The average Bonchev–Trinajstić information content (AvgIpc) is 3.38. The largest absolute Gasteiger partial charge is 0.493 e. The van der Waals surface area contributed by atoms with Crippen LogP contribution in [0.4, 0.5) is 5.69 Å². The van der Waals surface area contributed by atoms with Crippen LogP contribution in [-0.2, 0) is 28.0 Å². The van der Waals surface area contributed by atoms with Gasteiger partial charge in [0.05, 0.1) is 31.0 Å². The van der Waals surface area contributed by atoms with Crippen molar-refractivity contribution in [3.05, 3.63) is 77.0 Å². The van der Waals surface area contributed by atoms with Crippen LogP contribution < -0.4 is 15.4 Å². The highest BCUT2D eigenvalue weighted by molar-refractivity contribution is 5.98. The fraction of sp³-hybridized carbons (Fsp3) is 0.321. The number of rotatable bonds is 9. The minimum absolute atomic E-state index is 0.0177. The van der Waals surface area contributed by atoms with Gasteiger partial charge in [-0.2, -0.15) is 5.26 Å². The number of carboxylic acids is 1. The Bertz CT molecular complexity index is 1430. The highest BCUT2D eigenvalue weighted by Gasteiger charge is 2.61. The molecule has 0 bridgehead atoms. The Labute approximate surface area is 218 Å². The second kappa shape index (κ2) is 10.4. The SMILES string of the molecule is N#Cc1ccc(CCCC(=O)O)c(NC(=O)[C@@H]2C[C@]23CCOc2ccc(C(=O)NCc4ncco4)cc23)c1. The van der Waals surface area contributed by atoms with Crippen LogP contribution in [0.5, 0.6) is 5.75 Å². The number of nitriles is 1. The van der Waals surface area contributed by atoms with Gasteiger partial charge in [-0.05, 0) is 61.6 Å². The number of hydrogen-bond donors (Lipinski definition) is 3. The lowest BCUT2D eigenvalue weighted by Gasteiger charge is -2.27. The summed E-state index contributed by atoms with van der Waals surface area (Å²) in [6.07, 6.45) is 5.11. The highest BCUT2D eigenvalue weighted by atomic mass is 16.5. The standard InChI is InChI=1S/C28H26N4O6/c29-15-17-4-5-18(2-1-3-25(33)34)22(12-17)32-27(36)21-14-28(21)8-10-37-23-7-6-19(13-20(23)28)26(35)31-16-24-30-9-11-38-24/h4-7,9,11-13,21H,1-3,8,10,14,16H2,(H,31,35)(H,32,36)(H,33,34)/t21-,28-/m0/s1. The van der Waals surface area contributed by atoms with Gasteiger partial charge in [0.1, 0.15) is 12.0 Å². The lowest BCUT2D eigenvalue weighted by molar-refractivity contribution is -0.137. The topological polar surface area (TPSA) is 155 Å². The minimum Gasteiger partial charge on any atom is -0.493 e. The molecule has 2 aliphatic rings. The lowest BCUT2D eigenvalue weighted by atomic mass is 9.86. The van der Waals surface area contributed by atoms with Crippen molar-refractivity contribution in [2.75, 3.05) is 11.9 Å². The molecule has 3 aromatic rings. The Hall–Kier alpha value is -4.65. The summed E-state index contributed by atoms with van der Waals surface area (Å²) in [5.74, 6) is -0.602. The van der Waals surface area contributed by atoms with Crippen LogP contribution in [0.3, 0.4) is 0 Å². The molecule has 0 radical (unpaired) electrons. The van der Waals surface area contributed by atoms with E-state index in [1.165, 1.54) is 12.5 Å². The monoisotopic (exact) mass is 514 g/mol. The molecule has 2 heterocycles. The van der Waals surface area contributed by atoms with E-state index in [2.05, 4.69) is 21.7 Å². The second-order valence-electron chi connectivity index (χ2n) is 9.55. The van der Waals surface area contributed by atoms with E-state index < -0.39 is 11.4 Å². The quantitative estimate of drug-likeness (QED) is 0.392. The van der Waals surface area contributed by atoms with E-state index in [1.54, 1.807) is 36.4 Å². The van der Waals surface area contributed by atoms with Crippen LogP contribution in [0.2, 0.25) is 0 Å². The first kappa shape index (κ1) is 25.0. The fourth-order valence-electron chi connectivity index (χ4n) is 5.12. The number of nitrogens with one attached hydrogen (secondary N) is 2. The van der Waals surface area contributed by atoms with Crippen molar-refractivity contribution in [2.45, 2.75) is 44.1 Å². The van der Waals surface area contributed by atoms with Crippen LogP contribution in [0.25, 0.3) is 0 Å². The van der Waals surface area contributed by atoms with Gasteiger partial charge in [-0.25, -0.2) is 4.98 Å². The molecule has 1 aromatic heterocycles. The molecule has 1 aliphatic carbocycles. The first-order valence-corrected chi connectivity index (χ1v) is 12.4. The molecule has 38 heavy (non-hydrogen) atoms. The summed E-state index contributed by atoms with van der Waals surface area (Å²) < 4.78 is 11.0. The molecule has 10 heteroatoms. The van der Waals surface area contributed by atoms with E-state index in [0.717, 1.165) is 11.1 Å². The third-order valence-corrected chi connectivity index (χ3v) is 7.19. The number of carbonyl (C=O) groups is 3. The van der Waals surface area contributed by atoms with Crippen molar-refractivity contribution in [1.82, 2.24) is 10.3 Å². The van der Waals surface area contributed by atoms with Gasteiger partial charge in [0, 0.05) is 34.6 Å². The molecule has 2 amide bonds. The zero-order valence-electron chi connectivity index (χ0n) is 20.5. The van der Waals surface area contributed by atoms with E-state index in [1.807, 2.05) is 0 Å². The number of carboxylic acid groups (broad SMARTS) is 1. The van der Waals surface area contributed by atoms with Gasteiger partial charge in [0.25, 0.3) is 5.91 Å². The molecule has 1 saturated carbocycles. The Kier molecular flexibility index (Phi) is 6.83. The Balaban J connectivity index is 1.32. The highest BCUT2D eigenvalue weighted by Crippen LogP contribution is 2.61. The van der Waals surface area contributed by atoms with Crippen LogP contribution in [0, 0.1) is 17.2 Å². The molecule has 2 atom stereocenters. The number of aliphatic carboxylic acids is 1. The predicted molar refractivity (Wildman–Crippen MR) is 134 cm³/mol. The summed E-state index contributed by atoms with van der Waals surface area (Å²) in [7, 11) is 0. The Morgan fingerprint density at radius 2 is 2.08 bits per heavy atom. The summed E-state index contributed by atoms with van der Waals surface area (Å²) >= 11 is 0. The van der Waals surface area contributed by atoms with Crippen molar-refractivity contribution < 1.29 is 28.6 Å². The van der Waals surface area contributed by atoms with Crippen molar-refractivity contribution in [2.24, 2.45) is 5.92 Å². The molecular formula is C28H26N4O6. The van der Waals surface area contributed by atoms with E-state index in [-0.39, 0.29) is 30.7 Å². The summed E-state index contributed by atoms with van der Waals surface area (Å²) in [4.78, 5) is 41.1. The van der Waals surface area contributed by atoms with Gasteiger partial charge in [-0.1, -0.05) is 6.07 Å². The number of aromatic nitrogens is 1. The van der Waals surface area contributed by atoms with Crippen LogP contribution >= 0.6 is 0 Å². The minimum atomic E-state index is -0.881. The van der Waals surface area contributed by atoms with Gasteiger partial charge in [-0.15, -0.1) is 0 Å². The predicted octanol–water partition coefficient (Wildman–Crippen LogP) is 3.56. The molecule has 10 nitrogen and oxygen atoms in total. The van der Waals surface area contributed by atoms with E-state index >= 15 is 0 Å². The first-order valence-electron chi connectivity index (χ1n) is 12.4. The maximum atomic E-state index is 13.4. The Morgan fingerprint density at radius 1 is 1.21 bits per heavy atom. The zero-order chi connectivity index (χ0) is 26.7. The summed E-state index contributed by atoms with van der Waals surface area (Å²) in [5, 5.41) is 24.1. The van der Waals surface area contributed by atoms with Crippen molar-refractivity contribution in [3.8, 4) is 11.8 Å². The van der Waals surface area contributed by atoms with Crippen molar-refractivity contribution in [1.29, 1.82) is 5.26 Å². The van der Waals surface area contributed by atoms with Gasteiger partial charge in [0.2, 0.25) is 11.8 Å². The number of carbonyl (C=O) groups excluding carboxylic acids is 2. The number of anilines is 1. The van der Waals surface area contributed by atoms with Gasteiger partial charge >= 0.3 is 5.97 Å². The van der Waals surface area contributed by atoms with Gasteiger partial charge in [0.15, 0.2) is 0 Å². The molecule has 3 N–H and O–H groups in total. The Morgan fingerprint density at radius 3 is 2.84 bits per heavy atom. The van der Waals surface area contributed by atoms with Crippen molar-refractivity contribution >= 4 is 23.5 Å². The van der Waals surface area contributed by atoms with E-state index in [4.69, 9.17) is 14.3 Å². The molecule has 2 aromatic carbocycles. The summed E-state index contributed by atoms with van der Waals surface area (Å²) in [6.45, 7) is 0.628. The maximum absolute atomic E-state index is 13.4. The molecule has 1 fully saturated rings.